The van der Waals surface area contributed by atoms with Gasteiger partial charge in [-0.3, -0.25) is 0 Å². The number of fused-ring (bicyclic) bond motifs is 1. The molecule has 4 rings (SSSR count). The van der Waals surface area contributed by atoms with Gasteiger partial charge in [-0.25, -0.2) is 4.39 Å². The molecule has 0 saturated heterocycles. The van der Waals surface area contributed by atoms with Crippen LogP contribution in [0.15, 0.2) is 67.3 Å². The average Bonchev–Trinajstić information content (AvgIpc) is 2.79. The van der Waals surface area contributed by atoms with Gasteiger partial charge in [0.25, 0.3) is 0 Å². The molecule has 30 heavy (non-hydrogen) atoms. The largest absolute Gasteiger partial charge is 0.206 e. The van der Waals surface area contributed by atoms with Gasteiger partial charge in [0.15, 0.2) is 0 Å². The molecule has 0 N–H and O–H groups in total. The predicted molar refractivity (Wildman–Crippen MR) is 127 cm³/mol. The van der Waals surface area contributed by atoms with E-state index in [9.17, 15) is 0 Å². The minimum absolute atomic E-state index is 0.107. The van der Waals surface area contributed by atoms with Gasteiger partial charge in [0, 0.05) is 10.9 Å². The first kappa shape index (κ1) is 20.8. The zero-order chi connectivity index (χ0) is 20.9. The normalized spacial score (nSPS) is 19.1. The number of halogens is 1. The van der Waals surface area contributed by atoms with Crippen LogP contribution in [0.3, 0.4) is 0 Å². The second-order valence-electron chi connectivity index (χ2n) is 8.94. The van der Waals surface area contributed by atoms with Crippen LogP contribution < -0.4 is 0 Å². The summed E-state index contributed by atoms with van der Waals surface area (Å²) in [5.41, 5.74) is 4.27. The molecule has 156 valence electrons. The van der Waals surface area contributed by atoms with Crippen molar-refractivity contribution in [3.63, 3.8) is 0 Å². The van der Waals surface area contributed by atoms with Crippen LogP contribution in [0.2, 0.25) is 0 Å². The van der Waals surface area contributed by atoms with Crippen molar-refractivity contribution in [3.05, 3.63) is 84.2 Å². The van der Waals surface area contributed by atoms with Crippen molar-refractivity contribution in [1.82, 2.24) is 0 Å². The Morgan fingerprint density at radius 3 is 2.43 bits per heavy atom. The zero-order valence-electron chi connectivity index (χ0n) is 18.2. The molecule has 0 aromatic heterocycles. The van der Waals surface area contributed by atoms with E-state index in [-0.39, 0.29) is 5.82 Å². The van der Waals surface area contributed by atoms with Crippen molar-refractivity contribution in [2.24, 2.45) is 5.92 Å². The number of aryl methyl sites for hydroxylation is 1. The van der Waals surface area contributed by atoms with E-state index in [1.165, 1.54) is 49.7 Å². The van der Waals surface area contributed by atoms with Gasteiger partial charge in [-0.05, 0) is 72.4 Å². The maximum Gasteiger partial charge on any atom is 0.138 e. The summed E-state index contributed by atoms with van der Waals surface area (Å²) < 4.78 is 15.4. The summed E-state index contributed by atoms with van der Waals surface area (Å²) in [6, 6.07) is 18.7. The van der Waals surface area contributed by atoms with E-state index in [1.807, 2.05) is 30.3 Å². The lowest BCUT2D eigenvalue weighted by molar-refractivity contribution is 0.308. The molecule has 0 bridgehead atoms. The van der Waals surface area contributed by atoms with E-state index < -0.39 is 0 Å². The van der Waals surface area contributed by atoms with Crippen molar-refractivity contribution in [2.45, 2.75) is 64.2 Å². The van der Waals surface area contributed by atoms with E-state index in [4.69, 9.17) is 0 Å². The molecule has 0 atom stereocenters. The molecule has 1 aliphatic rings. The van der Waals surface area contributed by atoms with Gasteiger partial charge in [-0.15, -0.1) is 6.58 Å². The number of hydrogen-bond acceptors (Lipinski definition) is 0. The minimum atomic E-state index is -0.107. The van der Waals surface area contributed by atoms with Crippen LogP contribution in [0.25, 0.3) is 21.9 Å². The molecular formula is C29H33F. The highest BCUT2D eigenvalue weighted by Gasteiger charge is 2.22. The second-order valence-corrected chi connectivity index (χ2v) is 8.94. The molecule has 0 spiro atoms. The Kier molecular flexibility index (Phi) is 6.67. The van der Waals surface area contributed by atoms with Crippen molar-refractivity contribution in [2.75, 3.05) is 0 Å². The molecule has 1 saturated carbocycles. The summed E-state index contributed by atoms with van der Waals surface area (Å²) in [6.45, 7) is 6.07. The van der Waals surface area contributed by atoms with E-state index >= 15 is 4.39 Å². The topological polar surface area (TPSA) is 0 Å². The third kappa shape index (κ3) is 4.51. The van der Waals surface area contributed by atoms with E-state index in [2.05, 4.69) is 43.8 Å². The molecule has 0 radical (unpaired) electrons. The minimum Gasteiger partial charge on any atom is -0.206 e. The maximum absolute atomic E-state index is 15.4. The molecule has 1 aliphatic carbocycles. The summed E-state index contributed by atoms with van der Waals surface area (Å²) in [5.74, 6) is 1.44. The Labute approximate surface area is 180 Å². The molecule has 3 aromatic rings. The van der Waals surface area contributed by atoms with E-state index in [0.717, 1.165) is 35.1 Å². The predicted octanol–water partition coefficient (Wildman–Crippen LogP) is 8.84. The number of hydrogen-bond donors (Lipinski definition) is 0. The molecule has 0 amide bonds. The third-order valence-electron chi connectivity index (χ3n) is 6.90. The molecular weight excluding hydrogens is 367 g/mol. The highest BCUT2D eigenvalue weighted by Crippen LogP contribution is 2.39. The van der Waals surface area contributed by atoms with Crippen LogP contribution in [0.5, 0.6) is 0 Å². The van der Waals surface area contributed by atoms with Crippen molar-refractivity contribution in [3.8, 4) is 11.1 Å². The van der Waals surface area contributed by atoms with Crippen LogP contribution in [0, 0.1) is 11.7 Å². The van der Waals surface area contributed by atoms with Gasteiger partial charge < -0.3 is 0 Å². The van der Waals surface area contributed by atoms with Gasteiger partial charge in [0.1, 0.15) is 5.82 Å². The van der Waals surface area contributed by atoms with Gasteiger partial charge in [-0.1, -0.05) is 80.4 Å². The Morgan fingerprint density at radius 2 is 1.73 bits per heavy atom. The highest BCUT2D eigenvalue weighted by molar-refractivity contribution is 5.89. The number of benzene rings is 3. The first-order chi connectivity index (χ1) is 14.7. The molecule has 0 nitrogen and oxygen atoms in total. The first-order valence-electron chi connectivity index (χ1n) is 11.6. The second kappa shape index (κ2) is 9.60. The SMILES string of the molecule is C=CCCc1ccc(-c2ccc3cc([C@H]4CC[C@H](CCC)CC4)ccc3c2F)cc1. The van der Waals surface area contributed by atoms with Gasteiger partial charge in [0.05, 0.1) is 0 Å². The maximum atomic E-state index is 15.4. The molecule has 1 fully saturated rings. The molecule has 0 heterocycles. The summed E-state index contributed by atoms with van der Waals surface area (Å²) in [7, 11) is 0. The highest BCUT2D eigenvalue weighted by atomic mass is 19.1. The smallest absolute Gasteiger partial charge is 0.138 e. The lowest BCUT2D eigenvalue weighted by atomic mass is 9.77. The average molecular weight is 401 g/mol. The summed E-state index contributed by atoms with van der Waals surface area (Å²) in [6.07, 6.45) is 11.8. The third-order valence-corrected chi connectivity index (χ3v) is 6.90. The Bertz CT molecular complexity index is 991. The van der Waals surface area contributed by atoms with Crippen LogP contribution in [0.1, 0.15) is 68.9 Å². The van der Waals surface area contributed by atoms with Gasteiger partial charge in [-0.2, -0.15) is 0 Å². The zero-order valence-corrected chi connectivity index (χ0v) is 18.2. The van der Waals surface area contributed by atoms with Gasteiger partial charge >= 0.3 is 0 Å². The Morgan fingerprint density at radius 1 is 0.967 bits per heavy atom. The fourth-order valence-corrected chi connectivity index (χ4v) is 5.10. The first-order valence-corrected chi connectivity index (χ1v) is 11.6. The molecule has 0 aliphatic heterocycles. The van der Waals surface area contributed by atoms with Crippen molar-refractivity contribution in [1.29, 1.82) is 0 Å². The lowest BCUT2D eigenvalue weighted by Gasteiger charge is -2.28. The van der Waals surface area contributed by atoms with Crippen LogP contribution >= 0.6 is 0 Å². The number of rotatable bonds is 7. The summed E-state index contributed by atoms with van der Waals surface area (Å²) in [5, 5.41) is 1.75. The van der Waals surface area contributed by atoms with E-state index in [1.54, 1.807) is 0 Å². The van der Waals surface area contributed by atoms with Gasteiger partial charge in [0.2, 0.25) is 0 Å². The summed E-state index contributed by atoms with van der Waals surface area (Å²) in [4.78, 5) is 0. The Hall–Kier alpha value is -2.41. The lowest BCUT2D eigenvalue weighted by Crippen LogP contribution is -2.13. The van der Waals surface area contributed by atoms with Crippen molar-refractivity contribution < 1.29 is 4.39 Å². The molecule has 3 aromatic carbocycles. The van der Waals surface area contributed by atoms with Crippen LogP contribution in [-0.2, 0) is 6.42 Å². The quantitative estimate of drug-likeness (QED) is 0.347. The standard InChI is InChI=1S/C29H33F/c1-3-5-7-22-10-14-24(15-11-22)27-19-17-26-20-25(16-18-28(26)29(27)30)23-12-8-21(6-4-2)9-13-23/h3,10-11,14-21,23H,1,4-9,12-13H2,2H3/t21-,23-. The fraction of sp³-hybridized carbons (Fsp3) is 0.379. The molecule has 1 heteroatoms. The Balaban J connectivity index is 1.55. The van der Waals surface area contributed by atoms with Crippen LogP contribution in [-0.4, -0.2) is 0 Å². The van der Waals surface area contributed by atoms with E-state index in [0.29, 0.717) is 11.5 Å². The monoisotopic (exact) mass is 400 g/mol. The number of allylic oxidation sites excluding steroid dienone is 1. The molecule has 0 unspecified atom stereocenters. The fourth-order valence-electron chi connectivity index (χ4n) is 5.10. The van der Waals surface area contributed by atoms with Crippen LogP contribution in [0.4, 0.5) is 4.39 Å². The summed E-state index contributed by atoms with van der Waals surface area (Å²) >= 11 is 0. The van der Waals surface area contributed by atoms with Crippen molar-refractivity contribution >= 4 is 10.8 Å².